The van der Waals surface area contributed by atoms with Crippen LogP contribution < -0.4 is 24.8 Å². The van der Waals surface area contributed by atoms with Crippen molar-refractivity contribution in [2.75, 3.05) is 0 Å². The summed E-state index contributed by atoms with van der Waals surface area (Å²) in [5.41, 5.74) is 13.8. The van der Waals surface area contributed by atoms with Gasteiger partial charge in [-0.2, -0.15) is 0 Å². The van der Waals surface area contributed by atoms with Crippen molar-refractivity contribution < 1.29 is 46.1 Å². The van der Waals surface area contributed by atoms with Gasteiger partial charge in [0.05, 0.1) is 0 Å². The number of fused-ring (bicyclic) bond motifs is 3. The summed E-state index contributed by atoms with van der Waals surface area (Å²) >= 11 is 10.3. The third kappa shape index (κ3) is 7.94. The molecular formula is C45H50Cl4Zr. The van der Waals surface area contributed by atoms with Crippen LogP contribution in [0.3, 0.4) is 0 Å². The van der Waals surface area contributed by atoms with Crippen LogP contribution in [0.1, 0.15) is 102 Å². The van der Waals surface area contributed by atoms with E-state index >= 15 is 0 Å². The van der Waals surface area contributed by atoms with Crippen LogP contribution in [0.15, 0.2) is 94.3 Å². The number of allylic oxidation sites excluding steroid dienone is 4. The molecule has 0 radical (unpaired) electrons. The SMILES string of the molecule is CC(C)[C](C(C)C)=[Zr+2]([C]1=CC=CC1)[CH]1c2cc(-c3ccc(Cl)cc3)c(C(C)(C)C)cc2-c2cc(C(C)(C)C)c(-c3ccc(Cl)cc3)cc21.[Cl-].[Cl-]. The summed E-state index contributed by atoms with van der Waals surface area (Å²) in [6.45, 7) is 23.9. The maximum Gasteiger partial charge on any atom is -1.00 e. The molecule has 0 atom stereocenters. The van der Waals surface area contributed by atoms with E-state index < -0.39 is 21.3 Å². The second-order valence-corrected chi connectivity index (χ2v) is 23.7. The molecule has 50 heavy (non-hydrogen) atoms. The van der Waals surface area contributed by atoms with Crippen molar-refractivity contribution in [3.05, 3.63) is 127 Å². The molecule has 2 aliphatic carbocycles. The van der Waals surface area contributed by atoms with E-state index in [0.29, 0.717) is 15.5 Å². The fourth-order valence-corrected chi connectivity index (χ4v) is 18.3. The first kappa shape index (κ1) is 41.0. The second kappa shape index (κ2) is 15.7. The summed E-state index contributed by atoms with van der Waals surface area (Å²) in [5.74, 6) is 1.09. The minimum atomic E-state index is -2.57. The molecule has 0 N–H and O–H groups in total. The molecule has 6 rings (SSSR count). The first-order valence-corrected chi connectivity index (χ1v) is 22.2. The molecule has 0 heterocycles. The minimum Gasteiger partial charge on any atom is -1.00 e. The molecule has 0 aromatic heterocycles. The van der Waals surface area contributed by atoms with E-state index in [-0.39, 0.29) is 35.6 Å². The van der Waals surface area contributed by atoms with Crippen LogP contribution in [0.4, 0.5) is 0 Å². The molecule has 2 aliphatic rings. The molecule has 0 saturated carbocycles. The Labute approximate surface area is 331 Å². The predicted molar refractivity (Wildman–Crippen MR) is 209 cm³/mol. The van der Waals surface area contributed by atoms with Crippen LogP contribution in [-0.2, 0) is 32.1 Å². The van der Waals surface area contributed by atoms with Crippen molar-refractivity contribution in [3.63, 3.8) is 0 Å². The standard InChI is InChI=1S/C33H31Cl2.C7H14.C5H5.2ClH.Zr/c1-32(2,3)30-18-26-22(16-28(30)20-7-11-24(34)12-8-20)15-23-17-29(21-9-13-25(35)14-10-21)31(19-27(23)26)33(4,5)6;1-6(2)5-7(3)4;1-2-4-5-3-1;;;/h7-19H,1-6H3;6-7H,1-4H3;1-3H,4H2;2*1H;/q;;;;;+2/p-2. The zero-order valence-corrected chi connectivity index (χ0v) is 36.6. The topological polar surface area (TPSA) is 0 Å². The zero-order chi connectivity index (χ0) is 34.7. The smallest absolute Gasteiger partial charge is 1.00 e. The summed E-state index contributed by atoms with van der Waals surface area (Å²) < 4.78 is 3.94. The molecule has 5 heteroatoms. The van der Waals surface area contributed by atoms with Crippen molar-refractivity contribution in [1.29, 1.82) is 0 Å². The van der Waals surface area contributed by atoms with E-state index in [1.165, 1.54) is 55.6 Å². The number of halogens is 4. The van der Waals surface area contributed by atoms with Gasteiger partial charge in [-0.25, -0.2) is 0 Å². The number of benzene rings is 4. The number of hydrogen-bond donors (Lipinski definition) is 0. The maximum atomic E-state index is 6.43. The Kier molecular flexibility index (Phi) is 12.9. The van der Waals surface area contributed by atoms with Gasteiger partial charge in [-0.05, 0) is 0 Å². The summed E-state index contributed by atoms with van der Waals surface area (Å²) in [7, 11) is 0. The first-order valence-electron chi connectivity index (χ1n) is 17.6. The maximum absolute atomic E-state index is 6.43. The minimum absolute atomic E-state index is 0. The molecular weight excluding hydrogens is 774 g/mol. The van der Waals surface area contributed by atoms with E-state index in [4.69, 9.17) is 23.2 Å². The van der Waals surface area contributed by atoms with E-state index in [9.17, 15) is 0 Å². The Morgan fingerprint density at radius 2 is 1.02 bits per heavy atom. The Morgan fingerprint density at radius 1 is 0.620 bits per heavy atom. The fraction of sp³-hybridized carbons (Fsp3) is 0.356. The van der Waals surface area contributed by atoms with Gasteiger partial charge in [0.1, 0.15) is 0 Å². The van der Waals surface area contributed by atoms with Gasteiger partial charge in [0.2, 0.25) is 0 Å². The van der Waals surface area contributed by atoms with Gasteiger partial charge < -0.3 is 24.8 Å². The largest absolute Gasteiger partial charge is 1.00 e. The molecule has 0 saturated heterocycles. The quantitative estimate of drug-likeness (QED) is 0.186. The van der Waals surface area contributed by atoms with Crippen molar-refractivity contribution in [2.24, 2.45) is 11.8 Å². The first-order chi connectivity index (χ1) is 22.6. The molecule has 0 amide bonds. The van der Waals surface area contributed by atoms with Gasteiger partial charge in [-0.1, -0.05) is 0 Å². The van der Waals surface area contributed by atoms with Gasteiger partial charge in [0, 0.05) is 0 Å². The summed E-state index contributed by atoms with van der Waals surface area (Å²) in [5, 5.41) is 1.55. The van der Waals surface area contributed by atoms with Crippen LogP contribution in [0.2, 0.25) is 10.0 Å². The Balaban J connectivity index is 0.00000281. The Bertz CT molecular complexity index is 1840. The van der Waals surface area contributed by atoms with Crippen LogP contribution in [0, 0.1) is 11.8 Å². The normalized spacial score (nSPS) is 13.7. The molecule has 0 spiro atoms. The Hall–Kier alpha value is -1.73. The van der Waals surface area contributed by atoms with Gasteiger partial charge in [0.25, 0.3) is 0 Å². The predicted octanol–water partition coefficient (Wildman–Crippen LogP) is 7.95. The van der Waals surface area contributed by atoms with Gasteiger partial charge in [-0.3, -0.25) is 0 Å². The van der Waals surface area contributed by atoms with Crippen LogP contribution in [0.25, 0.3) is 33.4 Å². The molecule has 0 aliphatic heterocycles. The molecule has 0 unspecified atom stereocenters. The molecule has 0 bridgehead atoms. The molecule has 4 aromatic carbocycles. The zero-order valence-electron chi connectivity index (χ0n) is 31.1. The number of rotatable bonds is 6. The Morgan fingerprint density at radius 3 is 1.34 bits per heavy atom. The van der Waals surface area contributed by atoms with Crippen molar-refractivity contribution in [2.45, 2.75) is 90.1 Å². The molecule has 262 valence electrons. The summed E-state index contributed by atoms with van der Waals surface area (Å²) in [6.07, 6.45) is 8.28. The van der Waals surface area contributed by atoms with Crippen molar-refractivity contribution >= 4 is 26.4 Å². The number of hydrogen-bond acceptors (Lipinski definition) is 0. The third-order valence-corrected chi connectivity index (χ3v) is 20.6. The fourth-order valence-electron chi connectivity index (χ4n) is 8.11. The van der Waals surface area contributed by atoms with Crippen LogP contribution in [-0.4, -0.2) is 3.21 Å². The van der Waals surface area contributed by atoms with Crippen molar-refractivity contribution in [3.8, 4) is 33.4 Å². The van der Waals surface area contributed by atoms with E-state index in [2.05, 4.69) is 136 Å². The monoisotopic (exact) mass is 820 g/mol. The van der Waals surface area contributed by atoms with Crippen LogP contribution >= 0.6 is 23.2 Å². The second-order valence-electron chi connectivity index (χ2n) is 16.4. The molecule has 4 aromatic rings. The van der Waals surface area contributed by atoms with E-state index in [1.54, 1.807) is 3.28 Å². The average molecular weight is 824 g/mol. The molecule has 0 fully saturated rings. The van der Waals surface area contributed by atoms with E-state index in [1.807, 2.05) is 27.5 Å². The van der Waals surface area contributed by atoms with Gasteiger partial charge >= 0.3 is 310 Å². The van der Waals surface area contributed by atoms with Crippen molar-refractivity contribution in [1.82, 2.24) is 0 Å². The summed E-state index contributed by atoms with van der Waals surface area (Å²) in [4.78, 5) is 0. The molecule has 0 nitrogen and oxygen atoms in total. The van der Waals surface area contributed by atoms with E-state index in [0.717, 1.165) is 16.5 Å². The van der Waals surface area contributed by atoms with Crippen LogP contribution in [0.5, 0.6) is 0 Å². The summed E-state index contributed by atoms with van der Waals surface area (Å²) in [6, 6.07) is 27.3. The van der Waals surface area contributed by atoms with Gasteiger partial charge in [0.15, 0.2) is 0 Å². The van der Waals surface area contributed by atoms with Gasteiger partial charge in [-0.15, -0.1) is 0 Å². The average Bonchev–Trinajstić information content (AvgIpc) is 3.64. The third-order valence-electron chi connectivity index (χ3n) is 10.2.